The lowest BCUT2D eigenvalue weighted by molar-refractivity contribution is 0.476. The minimum Gasteiger partial charge on any atom is -0.505 e. The van der Waals surface area contributed by atoms with E-state index < -0.39 is 0 Å². The number of halogens is 2. The third-order valence-corrected chi connectivity index (χ3v) is 4.68. The highest BCUT2D eigenvalue weighted by molar-refractivity contribution is 6.37. The number of aromatic hydroxyl groups is 1. The molecule has 1 aliphatic rings. The number of phenolic OH excluding ortho intramolecular Hbond substituents is 1. The molecule has 3 nitrogen and oxygen atoms in total. The van der Waals surface area contributed by atoms with E-state index >= 15 is 0 Å². The van der Waals surface area contributed by atoms with Crippen LogP contribution in [0.3, 0.4) is 0 Å². The van der Waals surface area contributed by atoms with Crippen molar-refractivity contribution in [3.8, 4) is 5.75 Å². The summed E-state index contributed by atoms with van der Waals surface area (Å²) in [6.07, 6.45) is 1.86. The van der Waals surface area contributed by atoms with E-state index in [1.807, 2.05) is 66.7 Å². The van der Waals surface area contributed by atoms with Gasteiger partial charge in [-0.3, -0.25) is 0 Å². The molecule has 1 heterocycles. The zero-order valence-corrected chi connectivity index (χ0v) is 15.6. The van der Waals surface area contributed by atoms with Gasteiger partial charge in [-0.25, -0.2) is 9.98 Å². The van der Waals surface area contributed by atoms with Gasteiger partial charge in [-0.1, -0.05) is 83.9 Å². The number of benzene rings is 3. The quantitative estimate of drug-likeness (QED) is 0.584. The molecule has 0 atom stereocenters. The summed E-state index contributed by atoms with van der Waals surface area (Å²) in [6.45, 7) is 0. The van der Waals surface area contributed by atoms with Crippen molar-refractivity contribution in [3.63, 3.8) is 0 Å². The Bertz CT molecular complexity index is 1060. The Morgan fingerprint density at radius 1 is 0.741 bits per heavy atom. The van der Waals surface area contributed by atoms with Crippen molar-refractivity contribution in [2.24, 2.45) is 9.98 Å². The molecule has 1 N–H and O–H groups in total. The third-order valence-electron chi connectivity index (χ3n) is 4.11. The smallest absolute Gasteiger partial charge is 0.160 e. The molecule has 5 heteroatoms. The van der Waals surface area contributed by atoms with E-state index in [1.54, 1.807) is 12.1 Å². The summed E-state index contributed by atoms with van der Waals surface area (Å²) < 4.78 is 0. The standard InChI is InChI=1S/C22H14Cl2N2O/c23-17-11-14(12-18(24)21(17)27)13-19-20(15-7-3-1-4-8-15)26-22(25-19)16-9-5-2-6-10-16/h1-13,27H. The lowest BCUT2D eigenvalue weighted by Gasteiger charge is -2.04. The van der Waals surface area contributed by atoms with E-state index in [2.05, 4.69) is 0 Å². The molecule has 27 heavy (non-hydrogen) atoms. The summed E-state index contributed by atoms with van der Waals surface area (Å²) in [4.78, 5) is 9.47. The van der Waals surface area contributed by atoms with Gasteiger partial charge in [0.1, 0.15) is 0 Å². The molecule has 0 fully saturated rings. The van der Waals surface area contributed by atoms with Gasteiger partial charge in [-0.15, -0.1) is 0 Å². The third kappa shape index (κ3) is 3.65. The van der Waals surface area contributed by atoms with E-state index in [0.717, 1.165) is 22.4 Å². The van der Waals surface area contributed by atoms with Crippen LogP contribution in [-0.2, 0) is 0 Å². The van der Waals surface area contributed by atoms with Crippen LogP contribution in [0.1, 0.15) is 16.7 Å². The van der Waals surface area contributed by atoms with Crippen molar-refractivity contribution in [1.82, 2.24) is 0 Å². The Kier molecular flexibility index (Phi) is 4.80. The predicted molar refractivity (Wildman–Crippen MR) is 112 cm³/mol. The molecule has 4 rings (SSSR count). The van der Waals surface area contributed by atoms with E-state index in [4.69, 9.17) is 33.2 Å². The van der Waals surface area contributed by atoms with Crippen molar-refractivity contribution >= 4 is 40.8 Å². The fourth-order valence-corrected chi connectivity index (χ4v) is 3.31. The number of hydrogen-bond donors (Lipinski definition) is 1. The Morgan fingerprint density at radius 3 is 1.89 bits per heavy atom. The maximum absolute atomic E-state index is 9.78. The van der Waals surface area contributed by atoms with Crippen molar-refractivity contribution in [2.45, 2.75) is 0 Å². The van der Waals surface area contributed by atoms with Gasteiger partial charge in [-0.2, -0.15) is 0 Å². The fraction of sp³-hybridized carbons (Fsp3) is 0. The molecular formula is C22H14Cl2N2O. The second-order valence-electron chi connectivity index (χ2n) is 5.99. The summed E-state index contributed by atoms with van der Waals surface area (Å²) >= 11 is 12.1. The van der Waals surface area contributed by atoms with Crippen molar-refractivity contribution in [1.29, 1.82) is 0 Å². The van der Waals surface area contributed by atoms with Gasteiger partial charge in [0.25, 0.3) is 0 Å². The largest absolute Gasteiger partial charge is 0.505 e. The molecule has 3 aromatic carbocycles. The van der Waals surface area contributed by atoms with Crippen molar-refractivity contribution in [3.05, 3.63) is 105 Å². The lowest BCUT2D eigenvalue weighted by atomic mass is 10.1. The van der Waals surface area contributed by atoms with Crippen LogP contribution in [0.25, 0.3) is 6.08 Å². The molecule has 0 spiro atoms. The Labute approximate surface area is 167 Å². The monoisotopic (exact) mass is 392 g/mol. The molecule has 0 bridgehead atoms. The van der Waals surface area contributed by atoms with Crippen LogP contribution in [0, 0.1) is 0 Å². The Morgan fingerprint density at radius 2 is 1.30 bits per heavy atom. The average molecular weight is 393 g/mol. The molecule has 0 saturated carbocycles. The summed E-state index contributed by atoms with van der Waals surface area (Å²) in [7, 11) is 0. The van der Waals surface area contributed by atoms with Crippen LogP contribution in [0.5, 0.6) is 5.75 Å². The minimum atomic E-state index is -0.127. The van der Waals surface area contributed by atoms with E-state index in [9.17, 15) is 5.11 Å². The number of hydrogen-bond acceptors (Lipinski definition) is 3. The zero-order chi connectivity index (χ0) is 18.8. The van der Waals surface area contributed by atoms with Gasteiger partial charge in [0.15, 0.2) is 11.6 Å². The summed E-state index contributed by atoms with van der Waals surface area (Å²) in [5, 5.41) is 10.2. The fourth-order valence-electron chi connectivity index (χ4n) is 2.81. The molecule has 0 amide bonds. The summed E-state index contributed by atoms with van der Waals surface area (Å²) in [5.41, 5.74) is 4.12. The van der Waals surface area contributed by atoms with Gasteiger partial charge in [0.05, 0.1) is 21.5 Å². The summed E-state index contributed by atoms with van der Waals surface area (Å²) in [5.74, 6) is 0.522. The van der Waals surface area contributed by atoms with Gasteiger partial charge in [0.2, 0.25) is 0 Å². The first-order chi connectivity index (χ1) is 13.1. The molecular weight excluding hydrogens is 379 g/mol. The second kappa shape index (κ2) is 7.39. The van der Waals surface area contributed by atoms with Gasteiger partial charge < -0.3 is 5.11 Å². The lowest BCUT2D eigenvalue weighted by Crippen LogP contribution is -2.00. The molecule has 0 unspecified atom stereocenters. The first-order valence-corrected chi connectivity index (χ1v) is 9.06. The molecule has 0 aromatic heterocycles. The molecule has 0 radical (unpaired) electrons. The number of phenols is 1. The van der Waals surface area contributed by atoms with Crippen LogP contribution in [0.15, 0.2) is 88.5 Å². The Hall–Kier alpha value is -2.88. The van der Waals surface area contributed by atoms with Crippen LogP contribution in [0.2, 0.25) is 10.0 Å². The van der Waals surface area contributed by atoms with E-state index in [1.165, 1.54) is 0 Å². The number of aliphatic imine (C=N–C) groups is 2. The zero-order valence-electron chi connectivity index (χ0n) is 14.1. The molecule has 132 valence electrons. The maximum atomic E-state index is 9.78. The number of allylic oxidation sites excluding steroid dienone is 1. The van der Waals surface area contributed by atoms with Gasteiger partial charge in [0, 0.05) is 11.1 Å². The van der Waals surface area contributed by atoms with Crippen LogP contribution in [0.4, 0.5) is 0 Å². The first kappa shape index (κ1) is 17.5. The minimum absolute atomic E-state index is 0.127. The van der Waals surface area contributed by atoms with Crippen molar-refractivity contribution in [2.75, 3.05) is 0 Å². The van der Waals surface area contributed by atoms with Crippen LogP contribution in [-0.4, -0.2) is 16.7 Å². The first-order valence-electron chi connectivity index (χ1n) is 8.30. The van der Waals surface area contributed by atoms with E-state index in [-0.39, 0.29) is 15.8 Å². The van der Waals surface area contributed by atoms with Crippen LogP contribution < -0.4 is 0 Å². The topological polar surface area (TPSA) is 45.0 Å². The Balaban J connectivity index is 1.83. The highest BCUT2D eigenvalue weighted by Gasteiger charge is 2.19. The summed E-state index contributed by atoms with van der Waals surface area (Å²) in [6, 6.07) is 23.0. The number of amidine groups is 1. The predicted octanol–water partition coefficient (Wildman–Crippen LogP) is 5.99. The van der Waals surface area contributed by atoms with E-state index in [0.29, 0.717) is 11.5 Å². The van der Waals surface area contributed by atoms with Gasteiger partial charge in [-0.05, 0) is 23.8 Å². The number of rotatable bonds is 3. The SMILES string of the molecule is Oc1c(Cl)cc(C=C2N=C(c3ccccc3)N=C2c2ccccc2)cc1Cl. The van der Waals surface area contributed by atoms with Crippen molar-refractivity contribution < 1.29 is 5.11 Å². The average Bonchev–Trinajstić information content (AvgIpc) is 3.11. The van der Waals surface area contributed by atoms with Crippen LogP contribution >= 0.6 is 23.2 Å². The molecule has 0 saturated heterocycles. The highest BCUT2D eigenvalue weighted by atomic mass is 35.5. The normalized spacial score (nSPS) is 15.0. The van der Waals surface area contributed by atoms with Gasteiger partial charge >= 0.3 is 0 Å². The second-order valence-corrected chi connectivity index (χ2v) is 6.81. The maximum Gasteiger partial charge on any atom is 0.160 e. The molecule has 3 aromatic rings. The molecule has 0 aliphatic carbocycles. The molecule has 1 aliphatic heterocycles. The number of nitrogens with zero attached hydrogens (tertiary/aromatic N) is 2. The highest BCUT2D eigenvalue weighted by Crippen LogP contribution is 2.34.